The lowest BCUT2D eigenvalue weighted by Gasteiger charge is -2.34. The highest BCUT2D eigenvalue weighted by molar-refractivity contribution is 9.10. The van der Waals surface area contributed by atoms with Crippen LogP contribution in [-0.4, -0.2) is 67.6 Å². The first-order valence-corrected chi connectivity index (χ1v) is 11.3. The first-order chi connectivity index (χ1) is 14.8. The summed E-state index contributed by atoms with van der Waals surface area (Å²) in [6.45, 7) is 7.60. The van der Waals surface area contributed by atoms with Crippen molar-refractivity contribution >= 4 is 44.7 Å². The van der Waals surface area contributed by atoms with Gasteiger partial charge in [0.2, 0.25) is 0 Å². The monoisotopic (exact) mass is 505 g/mol. The maximum Gasteiger partial charge on any atom is 0.262 e. The molecular weight excluding hydrogens is 478 g/mol. The van der Waals surface area contributed by atoms with E-state index in [-0.39, 0.29) is 12.5 Å². The number of halogens is 1. The smallest absolute Gasteiger partial charge is 0.262 e. The lowest BCUT2D eigenvalue weighted by molar-refractivity contribution is -0.118. The molecule has 1 fully saturated rings. The van der Waals surface area contributed by atoms with E-state index in [1.165, 1.54) is 0 Å². The first kappa shape index (κ1) is 23.5. The molecule has 0 spiro atoms. The van der Waals surface area contributed by atoms with Gasteiger partial charge in [0.1, 0.15) is 4.99 Å². The van der Waals surface area contributed by atoms with E-state index < -0.39 is 0 Å². The predicted molar refractivity (Wildman–Crippen MR) is 132 cm³/mol. The predicted octanol–water partition coefficient (Wildman–Crippen LogP) is 4.01. The fourth-order valence-corrected chi connectivity index (χ4v) is 4.53. The Morgan fingerprint density at radius 1 is 1.10 bits per heavy atom. The van der Waals surface area contributed by atoms with E-state index in [1.807, 2.05) is 38.1 Å². The largest absolute Gasteiger partial charge is 0.493 e. The molecule has 0 atom stereocenters. The van der Waals surface area contributed by atoms with Crippen LogP contribution in [0.4, 0.5) is 5.69 Å². The Hall–Kier alpha value is -2.16. The number of thiocarbonyl (C=S) groups is 1. The number of benzene rings is 2. The summed E-state index contributed by atoms with van der Waals surface area (Å²) in [5.41, 5.74) is 3.69. The van der Waals surface area contributed by atoms with E-state index in [0.717, 1.165) is 58.0 Å². The van der Waals surface area contributed by atoms with Crippen LogP contribution < -0.4 is 14.8 Å². The van der Waals surface area contributed by atoms with Gasteiger partial charge in [-0.1, -0.05) is 28.1 Å². The van der Waals surface area contributed by atoms with Crippen LogP contribution in [0.1, 0.15) is 16.7 Å². The van der Waals surface area contributed by atoms with Gasteiger partial charge in [-0.25, -0.2) is 0 Å². The van der Waals surface area contributed by atoms with Gasteiger partial charge >= 0.3 is 0 Å². The maximum absolute atomic E-state index is 12.5. The number of nitrogens with one attached hydrogen (secondary N) is 1. The van der Waals surface area contributed by atoms with Crippen molar-refractivity contribution in [1.29, 1.82) is 0 Å². The third kappa shape index (κ3) is 5.96. The van der Waals surface area contributed by atoms with E-state index in [0.29, 0.717) is 11.5 Å². The minimum Gasteiger partial charge on any atom is -0.493 e. The van der Waals surface area contributed by atoms with Crippen LogP contribution in [-0.2, 0) is 4.79 Å². The molecule has 166 valence electrons. The van der Waals surface area contributed by atoms with Gasteiger partial charge in [-0.05, 0) is 62.4 Å². The van der Waals surface area contributed by atoms with Crippen LogP contribution in [0, 0.1) is 13.8 Å². The second-order valence-electron chi connectivity index (χ2n) is 7.71. The summed E-state index contributed by atoms with van der Waals surface area (Å²) in [4.78, 5) is 17.8. The zero-order valence-corrected chi connectivity index (χ0v) is 20.7. The van der Waals surface area contributed by atoms with Crippen molar-refractivity contribution in [2.24, 2.45) is 0 Å². The topological polar surface area (TPSA) is 54.0 Å². The van der Waals surface area contributed by atoms with Crippen LogP contribution in [0.25, 0.3) is 0 Å². The Bertz CT molecular complexity index is 952. The molecule has 1 heterocycles. The average Bonchev–Trinajstić information content (AvgIpc) is 2.74. The third-order valence-corrected chi connectivity index (χ3v) is 6.27. The van der Waals surface area contributed by atoms with E-state index in [4.69, 9.17) is 21.7 Å². The molecule has 2 aromatic rings. The number of likely N-dealkylation sites (N-methyl/N-ethyl adjacent to an activating group) is 1. The molecule has 1 aliphatic rings. The second kappa shape index (κ2) is 10.4. The number of piperazine rings is 1. The maximum atomic E-state index is 12.5. The minimum atomic E-state index is -0.229. The normalized spacial score (nSPS) is 14.3. The zero-order valence-electron chi connectivity index (χ0n) is 18.3. The lowest BCUT2D eigenvalue weighted by atomic mass is 10.1. The molecule has 2 aromatic carbocycles. The number of amides is 1. The van der Waals surface area contributed by atoms with E-state index >= 15 is 0 Å². The van der Waals surface area contributed by atoms with Gasteiger partial charge < -0.3 is 24.6 Å². The summed E-state index contributed by atoms with van der Waals surface area (Å²) < 4.78 is 12.2. The number of hydrogen-bond acceptors (Lipinski definition) is 5. The number of hydrogen-bond donors (Lipinski definition) is 1. The van der Waals surface area contributed by atoms with E-state index in [9.17, 15) is 4.79 Å². The molecule has 0 unspecified atom stereocenters. The summed E-state index contributed by atoms with van der Waals surface area (Å²) in [5, 5.41) is 2.93. The van der Waals surface area contributed by atoms with Gasteiger partial charge in [-0.15, -0.1) is 0 Å². The first-order valence-electron chi connectivity index (χ1n) is 10.1. The van der Waals surface area contributed by atoms with Gasteiger partial charge in [-0.2, -0.15) is 0 Å². The molecule has 0 radical (unpaired) electrons. The van der Waals surface area contributed by atoms with Gasteiger partial charge in [0.15, 0.2) is 18.1 Å². The molecule has 31 heavy (non-hydrogen) atoms. The highest BCUT2D eigenvalue weighted by Crippen LogP contribution is 2.29. The Labute approximate surface area is 197 Å². The SMILES string of the molecule is COc1cc(C(=S)N2CCN(C)CC2)ccc1OCC(=O)Nc1c(C)cc(Br)cc1C. The Kier molecular flexibility index (Phi) is 7.91. The van der Waals surface area contributed by atoms with Crippen LogP contribution in [0.15, 0.2) is 34.8 Å². The fourth-order valence-electron chi connectivity index (χ4n) is 3.54. The van der Waals surface area contributed by atoms with Crippen molar-refractivity contribution in [3.63, 3.8) is 0 Å². The molecule has 0 aromatic heterocycles. The highest BCUT2D eigenvalue weighted by atomic mass is 79.9. The molecule has 3 rings (SSSR count). The second-order valence-corrected chi connectivity index (χ2v) is 9.01. The standard InChI is InChI=1S/C23H28BrN3O3S/c1-15-11-18(24)12-16(2)22(15)25-21(28)14-30-19-6-5-17(13-20(19)29-4)23(31)27-9-7-26(3)8-10-27/h5-6,11-13H,7-10,14H2,1-4H3,(H,25,28). The Morgan fingerprint density at radius 3 is 2.35 bits per heavy atom. The summed E-state index contributed by atoms with van der Waals surface area (Å²) in [6.07, 6.45) is 0. The highest BCUT2D eigenvalue weighted by Gasteiger charge is 2.19. The number of ether oxygens (including phenoxy) is 2. The molecule has 1 aliphatic heterocycles. The van der Waals surface area contributed by atoms with Crippen LogP contribution >= 0.6 is 28.1 Å². The quantitative estimate of drug-likeness (QED) is 0.598. The average molecular weight is 506 g/mol. The van der Waals surface area contributed by atoms with Crippen molar-refractivity contribution in [2.75, 3.05) is 52.3 Å². The van der Waals surface area contributed by atoms with Crippen LogP contribution in [0.5, 0.6) is 11.5 Å². The van der Waals surface area contributed by atoms with E-state index in [1.54, 1.807) is 13.2 Å². The molecule has 0 saturated carbocycles. The van der Waals surface area contributed by atoms with Gasteiger partial charge in [0, 0.05) is 41.9 Å². The molecular formula is C23H28BrN3O3S. The van der Waals surface area contributed by atoms with Crippen molar-refractivity contribution in [3.05, 3.63) is 51.5 Å². The molecule has 0 aliphatic carbocycles. The van der Waals surface area contributed by atoms with Gasteiger partial charge in [-0.3, -0.25) is 4.79 Å². The third-order valence-electron chi connectivity index (χ3n) is 5.32. The summed E-state index contributed by atoms with van der Waals surface area (Å²) >= 11 is 9.15. The van der Waals surface area contributed by atoms with E-state index in [2.05, 4.69) is 38.1 Å². The summed E-state index contributed by atoms with van der Waals surface area (Å²) in [5.74, 6) is 0.831. The number of anilines is 1. The molecule has 8 heteroatoms. The van der Waals surface area contributed by atoms with Crippen molar-refractivity contribution in [2.45, 2.75) is 13.8 Å². The summed E-state index contributed by atoms with van der Waals surface area (Å²) in [7, 11) is 3.70. The van der Waals surface area contributed by atoms with Crippen molar-refractivity contribution in [1.82, 2.24) is 9.80 Å². The van der Waals surface area contributed by atoms with Crippen LogP contribution in [0.3, 0.4) is 0 Å². The number of aryl methyl sites for hydroxylation is 2. The molecule has 1 saturated heterocycles. The Balaban J connectivity index is 1.64. The molecule has 1 amide bonds. The zero-order chi connectivity index (χ0) is 22.5. The molecule has 1 N–H and O–H groups in total. The number of methoxy groups -OCH3 is 1. The van der Waals surface area contributed by atoms with Crippen LogP contribution in [0.2, 0.25) is 0 Å². The molecule has 0 bridgehead atoms. The van der Waals surface area contributed by atoms with Gasteiger partial charge in [0.25, 0.3) is 5.91 Å². The van der Waals surface area contributed by atoms with Crippen molar-refractivity contribution < 1.29 is 14.3 Å². The molecule has 6 nitrogen and oxygen atoms in total. The number of rotatable bonds is 6. The lowest BCUT2D eigenvalue weighted by Crippen LogP contribution is -2.46. The van der Waals surface area contributed by atoms with Crippen molar-refractivity contribution in [3.8, 4) is 11.5 Å². The summed E-state index contributed by atoms with van der Waals surface area (Å²) in [6, 6.07) is 9.53. The number of carbonyl (C=O) groups excluding carboxylic acids is 1. The fraction of sp³-hybridized carbons (Fsp3) is 0.391. The minimum absolute atomic E-state index is 0.118. The Morgan fingerprint density at radius 2 is 1.74 bits per heavy atom. The number of carbonyl (C=O) groups is 1. The van der Waals surface area contributed by atoms with Gasteiger partial charge in [0.05, 0.1) is 7.11 Å². The number of nitrogens with zero attached hydrogens (tertiary/aromatic N) is 2.